The second-order valence-electron chi connectivity index (χ2n) is 10.1. The van der Waals surface area contributed by atoms with Crippen LogP contribution in [0.25, 0.3) is 11.4 Å². The number of amides is 2. The summed E-state index contributed by atoms with van der Waals surface area (Å²) in [5.41, 5.74) is 1.77. The van der Waals surface area contributed by atoms with Gasteiger partial charge >= 0.3 is 6.03 Å². The second-order valence-corrected chi connectivity index (χ2v) is 12.3. The number of sulfone groups is 1. The zero-order valence-corrected chi connectivity index (χ0v) is 23.2. The molecule has 2 heterocycles. The van der Waals surface area contributed by atoms with Gasteiger partial charge in [0.25, 0.3) is 0 Å². The maximum atomic E-state index is 14.0. The van der Waals surface area contributed by atoms with Crippen molar-refractivity contribution in [2.45, 2.75) is 48.3 Å². The molecular weight excluding hydrogens is 528 g/mol. The van der Waals surface area contributed by atoms with E-state index >= 15 is 0 Å². The maximum Gasteiger partial charge on any atom is 0.319 e. The normalized spacial score (nSPS) is 18.3. The van der Waals surface area contributed by atoms with Crippen LogP contribution in [0.4, 0.5) is 16.3 Å². The van der Waals surface area contributed by atoms with E-state index in [4.69, 9.17) is 20.0 Å². The quantitative estimate of drug-likeness (QED) is 0.390. The molecule has 1 aliphatic heterocycles. The summed E-state index contributed by atoms with van der Waals surface area (Å²) in [6.07, 6.45) is 2.00. The molecule has 3 aromatic rings. The lowest BCUT2D eigenvalue weighted by Crippen LogP contribution is -2.46. The molecule has 1 aliphatic carbocycles. The fraction of sp³-hybridized carbons (Fsp3) is 0.379. The van der Waals surface area contributed by atoms with E-state index in [9.17, 15) is 13.2 Å². The van der Waals surface area contributed by atoms with E-state index in [-0.39, 0.29) is 19.0 Å². The average molecular weight is 561 g/mol. The van der Waals surface area contributed by atoms with Crippen LogP contribution in [0.15, 0.2) is 65.6 Å². The lowest BCUT2D eigenvalue weighted by atomic mass is 9.81. The number of aromatic nitrogens is 2. The van der Waals surface area contributed by atoms with Gasteiger partial charge in [0.15, 0.2) is 15.7 Å². The predicted molar refractivity (Wildman–Crippen MR) is 152 cm³/mol. The van der Waals surface area contributed by atoms with Crippen LogP contribution in [0.3, 0.4) is 0 Å². The minimum absolute atomic E-state index is 0.0681. The van der Waals surface area contributed by atoms with Crippen LogP contribution in [0.1, 0.15) is 38.3 Å². The first kappa shape index (κ1) is 27.6. The summed E-state index contributed by atoms with van der Waals surface area (Å²) < 4.78 is 32.5. The van der Waals surface area contributed by atoms with Gasteiger partial charge in [-0.25, -0.2) is 23.2 Å². The van der Waals surface area contributed by atoms with Crippen LogP contribution in [-0.4, -0.2) is 56.8 Å². The van der Waals surface area contributed by atoms with Gasteiger partial charge in [0.05, 0.1) is 42.3 Å². The van der Waals surface area contributed by atoms with Crippen molar-refractivity contribution in [2.24, 2.45) is 0 Å². The first-order valence-corrected chi connectivity index (χ1v) is 14.9. The van der Waals surface area contributed by atoms with Crippen LogP contribution in [-0.2, 0) is 19.3 Å². The number of anilines is 2. The largest absolute Gasteiger partial charge is 0.377 e. The summed E-state index contributed by atoms with van der Waals surface area (Å²) in [6.45, 7) is 4.07. The van der Waals surface area contributed by atoms with E-state index < -0.39 is 20.6 Å². The third-order valence-corrected chi connectivity index (χ3v) is 10.0. The number of carbonyl (C=O) groups is 1. The number of hydrogen-bond acceptors (Lipinski definition) is 8. The number of urea groups is 1. The number of morpholine rings is 1. The molecule has 10 nitrogen and oxygen atoms in total. The van der Waals surface area contributed by atoms with Crippen LogP contribution in [0.2, 0.25) is 0 Å². The standard InChI is InChI=1S/C29H32N6O4S/c1-21-20-39-18-17-35(21)26-19-25(29(13-5-14-29)40(37,38)24-7-3-2-4-8-24)33-27(34-26)22-9-11-23(12-10-22)32-28(36)31-16-6-15-30/h2-4,7-12,19,21H,5-6,13-14,16-18,20H2,1H3,(H2,31,32,36)/t21-/m0/s1. The molecule has 208 valence electrons. The van der Waals surface area contributed by atoms with E-state index in [0.29, 0.717) is 66.1 Å². The van der Waals surface area contributed by atoms with Crippen LogP contribution in [0.5, 0.6) is 0 Å². The van der Waals surface area contributed by atoms with Crippen molar-refractivity contribution in [2.75, 3.05) is 36.5 Å². The summed E-state index contributed by atoms with van der Waals surface area (Å²) in [7, 11) is -3.71. The van der Waals surface area contributed by atoms with Crippen molar-refractivity contribution in [3.63, 3.8) is 0 Å². The van der Waals surface area contributed by atoms with Crippen LogP contribution >= 0.6 is 0 Å². The van der Waals surface area contributed by atoms with Gasteiger partial charge in [0, 0.05) is 30.4 Å². The van der Waals surface area contributed by atoms with E-state index in [0.717, 1.165) is 6.42 Å². The lowest BCUT2D eigenvalue weighted by molar-refractivity contribution is 0.0985. The number of benzene rings is 2. The number of nitrogens with one attached hydrogen (secondary N) is 2. The second kappa shape index (κ2) is 11.6. The Morgan fingerprint density at radius 3 is 2.55 bits per heavy atom. The zero-order valence-electron chi connectivity index (χ0n) is 22.3. The molecule has 2 N–H and O–H groups in total. The number of nitrogens with zero attached hydrogens (tertiary/aromatic N) is 4. The first-order chi connectivity index (χ1) is 19.3. The highest BCUT2D eigenvalue weighted by Gasteiger charge is 2.52. The van der Waals surface area contributed by atoms with Crippen LogP contribution in [0, 0.1) is 11.3 Å². The van der Waals surface area contributed by atoms with Gasteiger partial charge in [-0.2, -0.15) is 5.26 Å². The molecule has 2 amide bonds. The molecule has 2 fully saturated rings. The van der Waals surface area contributed by atoms with Gasteiger partial charge in [0.2, 0.25) is 0 Å². The van der Waals surface area contributed by atoms with Gasteiger partial charge < -0.3 is 20.3 Å². The van der Waals surface area contributed by atoms with Crippen molar-refractivity contribution in [1.82, 2.24) is 15.3 Å². The minimum atomic E-state index is -3.71. The molecule has 5 rings (SSSR count). The summed E-state index contributed by atoms with van der Waals surface area (Å²) >= 11 is 0. The van der Waals surface area contributed by atoms with Gasteiger partial charge in [-0.1, -0.05) is 18.2 Å². The molecule has 2 aliphatic rings. The predicted octanol–water partition coefficient (Wildman–Crippen LogP) is 4.26. The number of rotatable bonds is 8. The molecule has 0 spiro atoms. The molecule has 1 atom stereocenters. The van der Waals surface area contributed by atoms with E-state index in [1.807, 2.05) is 18.2 Å². The van der Waals surface area contributed by atoms with Crippen molar-refractivity contribution in [3.05, 3.63) is 66.4 Å². The Hall–Kier alpha value is -4.01. The van der Waals surface area contributed by atoms with Gasteiger partial charge in [0.1, 0.15) is 10.6 Å². The topological polar surface area (TPSA) is 137 Å². The average Bonchev–Trinajstić information content (AvgIpc) is 2.93. The highest BCUT2D eigenvalue weighted by molar-refractivity contribution is 7.92. The van der Waals surface area contributed by atoms with Gasteiger partial charge in [-0.3, -0.25) is 0 Å². The third-order valence-electron chi connectivity index (χ3n) is 7.49. The number of ether oxygens (including phenoxy) is 1. The van der Waals surface area contributed by atoms with Gasteiger partial charge in [-0.15, -0.1) is 0 Å². The fourth-order valence-corrected chi connectivity index (χ4v) is 7.28. The molecule has 40 heavy (non-hydrogen) atoms. The molecule has 2 aromatic carbocycles. The summed E-state index contributed by atoms with van der Waals surface area (Å²) in [5.74, 6) is 1.09. The van der Waals surface area contributed by atoms with E-state index in [1.54, 1.807) is 48.5 Å². The summed E-state index contributed by atoms with van der Waals surface area (Å²) in [4.78, 5) is 24.3. The van der Waals surface area contributed by atoms with Crippen molar-refractivity contribution in [1.29, 1.82) is 5.26 Å². The Balaban J connectivity index is 1.53. The molecule has 1 saturated heterocycles. The summed E-state index contributed by atoms with van der Waals surface area (Å²) in [6, 6.07) is 19.2. The molecule has 11 heteroatoms. The Labute approximate surface area is 234 Å². The van der Waals surface area contributed by atoms with Crippen molar-refractivity contribution < 1.29 is 17.9 Å². The minimum Gasteiger partial charge on any atom is -0.377 e. The third kappa shape index (κ3) is 5.37. The SMILES string of the molecule is C[C@H]1COCCN1c1cc(C2(S(=O)(=O)c3ccccc3)CCC2)nc(-c2ccc(NC(=O)NCCC#N)cc2)n1. The van der Waals surface area contributed by atoms with Gasteiger partial charge in [-0.05, 0) is 62.6 Å². The molecular formula is C29H32N6O4S. The fourth-order valence-electron chi connectivity index (χ4n) is 5.11. The maximum absolute atomic E-state index is 14.0. The number of nitriles is 1. The highest BCUT2D eigenvalue weighted by Crippen LogP contribution is 2.51. The first-order valence-electron chi connectivity index (χ1n) is 13.4. The Morgan fingerprint density at radius 1 is 1.15 bits per heavy atom. The Morgan fingerprint density at radius 2 is 1.90 bits per heavy atom. The molecule has 0 radical (unpaired) electrons. The Kier molecular flexibility index (Phi) is 8.00. The lowest BCUT2D eigenvalue weighted by Gasteiger charge is -2.41. The highest BCUT2D eigenvalue weighted by atomic mass is 32.2. The molecule has 1 aromatic heterocycles. The Bertz CT molecular complexity index is 1500. The summed E-state index contributed by atoms with van der Waals surface area (Å²) in [5, 5.41) is 14.0. The molecule has 1 saturated carbocycles. The van der Waals surface area contributed by atoms with Crippen molar-refractivity contribution in [3.8, 4) is 17.5 Å². The monoisotopic (exact) mass is 560 g/mol. The van der Waals surface area contributed by atoms with E-state index in [1.165, 1.54) is 0 Å². The number of carbonyl (C=O) groups excluding carboxylic acids is 1. The molecule has 0 bridgehead atoms. The smallest absolute Gasteiger partial charge is 0.319 e. The van der Waals surface area contributed by atoms with Crippen LogP contribution < -0.4 is 15.5 Å². The molecule has 0 unspecified atom stereocenters. The number of hydrogen-bond donors (Lipinski definition) is 2. The zero-order chi connectivity index (χ0) is 28.2. The van der Waals surface area contributed by atoms with Crippen molar-refractivity contribution >= 4 is 27.4 Å². The van der Waals surface area contributed by atoms with E-state index in [2.05, 4.69) is 22.5 Å².